The van der Waals surface area contributed by atoms with Crippen molar-refractivity contribution in [3.8, 4) is 0 Å². The maximum absolute atomic E-state index is 4.84. The van der Waals surface area contributed by atoms with E-state index in [0.717, 1.165) is 18.8 Å². The average Bonchev–Trinajstić information content (AvgIpc) is 2.63. The average molecular weight is 260 g/mol. The van der Waals surface area contributed by atoms with Crippen LogP contribution < -0.4 is 0 Å². The fourth-order valence-electron chi connectivity index (χ4n) is 1.78. The van der Waals surface area contributed by atoms with Crippen LogP contribution in [0, 0.1) is 0 Å². The Balaban J connectivity index is 1.76. The molecule has 0 N–H and O–H groups in total. The summed E-state index contributed by atoms with van der Waals surface area (Å²) in [5.74, 6) is 0.794. The second-order valence-electron chi connectivity index (χ2n) is 3.62. The van der Waals surface area contributed by atoms with Crippen molar-refractivity contribution in [2.75, 3.05) is 19.6 Å². The molecule has 0 aliphatic carbocycles. The molecular weight excluding hydrogens is 246 g/mol. The molecule has 0 spiro atoms. The SMILES string of the molecule is Brc1nc(CCN2CCCCC2)no1. The van der Waals surface area contributed by atoms with Crippen LogP contribution in [0.2, 0.25) is 0 Å². The van der Waals surface area contributed by atoms with Gasteiger partial charge in [-0.2, -0.15) is 4.98 Å². The Morgan fingerprint density at radius 2 is 2.07 bits per heavy atom. The van der Waals surface area contributed by atoms with E-state index in [4.69, 9.17) is 4.52 Å². The summed E-state index contributed by atoms with van der Waals surface area (Å²) in [5.41, 5.74) is 0. The molecule has 1 saturated heterocycles. The Labute approximate surface area is 91.8 Å². The van der Waals surface area contributed by atoms with E-state index < -0.39 is 0 Å². The highest BCUT2D eigenvalue weighted by Crippen LogP contribution is 2.10. The summed E-state index contributed by atoms with van der Waals surface area (Å²) >= 11 is 3.14. The third-order valence-corrected chi connectivity index (χ3v) is 2.87. The maximum Gasteiger partial charge on any atom is 0.293 e. The molecule has 1 aromatic heterocycles. The molecule has 14 heavy (non-hydrogen) atoms. The first-order chi connectivity index (χ1) is 6.84. The topological polar surface area (TPSA) is 42.2 Å². The number of halogens is 1. The Hall–Kier alpha value is -0.420. The minimum absolute atomic E-state index is 0.478. The van der Waals surface area contributed by atoms with Crippen LogP contribution >= 0.6 is 15.9 Å². The first-order valence-corrected chi connectivity index (χ1v) is 5.84. The summed E-state index contributed by atoms with van der Waals surface area (Å²) in [4.78, 5) is 7.05. The van der Waals surface area contributed by atoms with E-state index in [1.807, 2.05) is 0 Å². The predicted octanol–water partition coefficient (Wildman–Crippen LogP) is 1.86. The number of aromatic nitrogens is 2. The van der Waals surface area contributed by atoms with Crippen molar-refractivity contribution in [3.05, 3.63) is 10.6 Å². The minimum atomic E-state index is 0.478. The fraction of sp³-hybridized carbons (Fsp3) is 0.778. The highest BCUT2D eigenvalue weighted by molar-refractivity contribution is 9.10. The lowest BCUT2D eigenvalue weighted by atomic mass is 10.1. The van der Waals surface area contributed by atoms with Gasteiger partial charge in [-0.25, -0.2) is 0 Å². The standard InChI is InChI=1S/C9H14BrN3O/c10-9-11-8(12-14-9)4-7-13-5-2-1-3-6-13/h1-7H2. The Morgan fingerprint density at radius 1 is 1.29 bits per heavy atom. The molecule has 0 atom stereocenters. The van der Waals surface area contributed by atoms with Gasteiger partial charge in [-0.3, -0.25) is 0 Å². The van der Waals surface area contributed by atoms with Crippen molar-refractivity contribution >= 4 is 15.9 Å². The van der Waals surface area contributed by atoms with Gasteiger partial charge in [0, 0.05) is 28.9 Å². The van der Waals surface area contributed by atoms with Crippen LogP contribution in [0.3, 0.4) is 0 Å². The third kappa shape index (κ3) is 2.78. The molecule has 0 saturated carbocycles. The lowest BCUT2D eigenvalue weighted by molar-refractivity contribution is 0.229. The largest absolute Gasteiger partial charge is 0.327 e. The molecule has 2 rings (SSSR count). The van der Waals surface area contributed by atoms with Crippen LogP contribution in [0.5, 0.6) is 0 Å². The van der Waals surface area contributed by atoms with Crippen LogP contribution in [-0.4, -0.2) is 34.7 Å². The van der Waals surface area contributed by atoms with Crippen molar-refractivity contribution in [3.63, 3.8) is 0 Å². The van der Waals surface area contributed by atoms with Gasteiger partial charge in [-0.1, -0.05) is 11.6 Å². The zero-order valence-electron chi connectivity index (χ0n) is 8.08. The van der Waals surface area contributed by atoms with Gasteiger partial charge >= 0.3 is 0 Å². The van der Waals surface area contributed by atoms with E-state index in [2.05, 4.69) is 31.0 Å². The number of piperidine rings is 1. The van der Waals surface area contributed by atoms with Crippen molar-refractivity contribution < 1.29 is 4.52 Å². The second kappa shape index (κ2) is 4.89. The van der Waals surface area contributed by atoms with Gasteiger partial charge in [0.15, 0.2) is 5.82 Å². The van der Waals surface area contributed by atoms with Crippen LogP contribution in [0.4, 0.5) is 0 Å². The second-order valence-corrected chi connectivity index (χ2v) is 4.29. The molecule has 0 radical (unpaired) electrons. The summed E-state index contributed by atoms with van der Waals surface area (Å²) in [7, 11) is 0. The van der Waals surface area contributed by atoms with Crippen molar-refractivity contribution in [1.29, 1.82) is 0 Å². The van der Waals surface area contributed by atoms with Gasteiger partial charge in [0.2, 0.25) is 0 Å². The van der Waals surface area contributed by atoms with Gasteiger partial charge in [-0.15, -0.1) is 0 Å². The monoisotopic (exact) mass is 259 g/mol. The van der Waals surface area contributed by atoms with Crippen LogP contribution in [0.15, 0.2) is 9.32 Å². The molecule has 0 unspecified atom stereocenters. The fourth-order valence-corrected chi connectivity index (χ4v) is 2.05. The smallest absolute Gasteiger partial charge is 0.293 e. The van der Waals surface area contributed by atoms with Gasteiger partial charge in [0.25, 0.3) is 4.80 Å². The van der Waals surface area contributed by atoms with Crippen molar-refractivity contribution in [2.45, 2.75) is 25.7 Å². The number of hydrogen-bond donors (Lipinski definition) is 0. The van der Waals surface area contributed by atoms with Crippen LogP contribution in [-0.2, 0) is 6.42 Å². The molecule has 5 heteroatoms. The molecule has 0 aromatic carbocycles. The van der Waals surface area contributed by atoms with Gasteiger partial charge < -0.3 is 9.42 Å². The first kappa shape index (κ1) is 10.1. The van der Waals surface area contributed by atoms with E-state index >= 15 is 0 Å². The number of rotatable bonds is 3. The summed E-state index contributed by atoms with van der Waals surface area (Å²) in [6.45, 7) is 3.49. The molecule has 2 heterocycles. The molecule has 1 aromatic rings. The lowest BCUT2D eigenvalue weighted by Gasteiger charge is -2.25. The molecule has 1 aliphatic heterocycles. The normalized spacial score (nSPS) is 18.6. The highest BCUT2D eigenvalue weighted by Gasteiger charge is 2.11. The zero-order chi connectivity index (χ0) is 9.80. The van der Waals surface area contributed by atoms with E-state index in [0.29, 0.717) is 4.80 Å². The third-order valence-electron chi connectivity index (χ3n) is 2.54. The summed E-state index contributed by atoms with van der Waals surface area (Å²) in [6.07, 6.45) is 4.92. The van der Waals surface area contributed by atoms with E-state index in [1.54, 1.807) is 0 Å². The Bertz CT molecular complexity index is 283. The van der Waals surface area contributed by atoms with Crippen LogP contribution in [0.1, 0.15) is 25.1 Å². The van der Waals surface area contributed by atoms with Crippen LogP contribution in [0.25, 0.3) is 0 Å². The number of likely N-dealkylation sites (tertiary alicyclic amines) is 1. The first-order valence-electron chi connectivity index (χ1n) is 5.05. The molecule has 0 amide bonds. The number of nitrogens with zero attached hydrogens (tertiary/aromatic N) is 3. The van der Waals surface area contributed by atoms with Gasteiger partial charge in [0.1, 0.15) is 0 Å². The maximum atomic E-state index is 4.84. The van der Waals surface area contributed by atoms with Crippen molar-refractivity contribution in [2.24, 2.45) is 0 Å². The molecule has 78 valence electrons. The van der Waals surface area contributed by atoms with E-state index in [1.165, 1.54) is 32.4 Å². The predicted molar refractivity (Wildman–Crippen MR) is 56.0 cm³/mol. The summed E-state index contributed by atoms with van der Waals surface area (Å²) < 4.78 is 4.84. The lowest BCUT2D eigenvalue weighted by Crippen LogP contribution is -2.31. The quantitative estimate of drug-likeness (QED) is 0.831. The Kier molecular flexibility index (Phi) is 3.53. The number of hydrogen-bond acceptors (Lipinski definition) is 4. The van der Waals surface area contributed by atoms with Gasteiger partial charge in [0.05, 0.1) is 0 Å². The zero-order valence-corrected chi connectivity index (χ0v) is 9.66. The highest BCUT2D eigenvalue weighted by atomic mass is 79.9. The van der Waals surface area contributed by atoms with Gasteiger partial charge in [-0.05, 0) is 25.9 Å². The summed E-state index contributed by atoms with van der Waals surface area (Å²) in [6, 6.07) is 0. The molecule has 1 fully saturated rings. The summed E-state index contributed by atoms with van der Waals surface area (Å²) in [5, 5.41) is 3.84. The molecule has 0 bridgehead atoms. The minimum Gasteiger partial charge on any atom is -0.327 e. The molecule has 1 aliphatic rings. The van der Waals surface area contributed by atoms with Crippen molar-refractivity contribution in [1.82, 2.24) is 15.0 Å². The van der Waals surface area contributed by atoms with E-state index in [-0.39, 0.29) is 0 Å². The molecular formula is C9H14BrN3O. The van der Waals surface area contributed by atoms with E-state index in [9.17, 15) is 0 Å². The molecule has 4 nitrogen and oxygen atoms in total. The Morgan fingerprint density at radius 3 is 2.71 bits per heavy atom.